The van der Waals surface area contributed by atoms with Gasteiger partial charge in [0.1, 0.15) is 21.3 Å². The summed E-state index contributed by atoms with van der Waals surface area (Å²) < 4.78 is 5.48. The summed E-state index contributed by atoms with van der Waals surface area (Å²) in [7, 11) is 0. The van der Waals surface area contributed by atoms with Crippen molar-refractivity contribution in [2.24, 2.45) is 0 Å². The van der Waals surface area contributed by atoms with Crippen molar-refractivity contribution in [3.63, 3.8) is 0 Å². The quantitative estimate of drug-likeness (QED) is 0.601. The number of phenolic OH excluding ortho intramolecular Hbond substituents is 1. The second-order valence-corrected chi connectivity index (χ2v) is 5.50. The first kappa shape index (κ1) is 13.8. The van der Waals surface area contributed by atoms with E-state index in [9.17, 15) is 9.90 Å². The van der Waals surface area contributed by atoms with Crippen molar-refractivity contribution < 1.29 is 9.52 Å². The maximum absolute atomic E-state index is 11.7. The molecule has 1 heterocycles. The zero-order valence-corrected chi connectivity index (χ0v) is 12.4. The van der Waals surface area contributed by atoms with Gasteiger partial charge in [-0.1, -0.05) is 46.4 Å². The van der Waals surface area contributed by atoms with Gasteiger partial charge in [-0.2, -0.15) is 0 Å². The van der Waals surface area contributed by atoms with Gasteiger partial charge in [-0.3, -0.25) is 4.79 Å². The molecule has 2 aliphatic rings. The molecular formula is C12H3Cl4NO3. The molecule has 0 amide bonds. The largest absolute Gasteiger partial charge is 0.505 e. The molecule has 0 unspecified atom stereocenters. The smallest absolute Gasteiger partial charge is 0.219 e. The van der Waals surface area contributed by atoms with Crippen LogP contribution in [-0.2, 0) is 0 Å². The second-order valence-electron chi connectivity index (χ2n) is 3.93. The molecule has 0 bridgehead atoms. The minimum atomic E-state index is -0.569. The summed E-state index contributed by atoms with van der Waals surface area (Å²) in [6.45, 7) is 0. The third-order valence-corrected chi connectivity index (χ3v) is 3.95. The van der Waals surface area contributed by atoms with Crippen LogP contribution in [0, 0.1) is 0 Å². The minimum Gasteiger partial charge on any atom is -0.505 e. The van der Waals surface area contributed by atoms with Crippen molar-refractivity contribution in [3.8, 4) is 17.2 Å². The number of nitrogens with zero attached hydrogens (tertiary/aromatic N) is 1. The van der Waals surface area contributed by atoms with Crippen LogP contribution < -0.4 is 5.43 Å². The summed E-state index contributed by atoms with van der Waals surface area (Å²) in [5.74, 6) is -0.296. The number of aromatic nitrogens is 1. The van der Waals surface area contributed by atoms with E-state index in [4.69, 9.17) is 50.8 Å². The summed E-state index contributed by atoms with van der Waals surface area (Å²) >= 11 is 23.4. The molecule has 0 radical (unpaired) electrons. The third kappa shape index (κ3) is 1.91. The number of hydrogen-bond acceptors (Lipinski definition) is 4. The highest BCUT2D eigenvalue weighted by Crippen LogP contribution is 2.40. The van der Waals surface area contributed by atoms with E-state index >= 15 is 0 Å². The molecule has 0 saturated heterocycles. The minimum absolute atomic E-state index is 0.0298. The molecule has 0 spiro atoms. The van der Waals surface area contributed by atoms with E-state index in [1.807, 2.05) is 0 Å². The molecule has 0 saturated carbocycles. The Kier molecular flexibility index (Phi) is 3.21. The number of rotatable bonds is 0. The number of hydrogen-bond donors (Lipinski definition) is 1. The van der Waals surface area contributed by atoms with Gasteiger partial charge < -0.3 is 9.52 Å². The average molecular weight is 351 g/mol. The molecule has 1 aliphatic heterocycles. The summed E-state index contributed by atoms with van der Waals surface area (Å²) in [5, 5.41) is 9.33. The normalized spacial score (nSPS) is 11.4. The first-order valence-corrected chi connectivity index (χ1v) is 6.71. The van der Waals surface area contributed by atoms with Crippen LogP contribution in [-0.4, -0.2) is 10.1 Å². The maximum atomic E-state index is 11.7. The fourth-order valence-electron chi connectivity index (χ4n) is 1.74. The summed E-state index contributed by atoms with van der Waals surface area (Å²) in [4.78, 5) is 15.9. The summed E-state index contributed by atoms with van der Waals surface area (Å²) in [6.07, 6.45) is 0. The van der Waals surface area contributed by atoms with Gasteiger partial charge in [0, 0.05) is 0 Å². The van der Waals surface area contributed by atoms with Crippen LogP contribution in [0.3, 0.4) is 0 Å². The Balaban J connectivity index is 2.55. The molecule has 4 nitrogen and oxygen atoms in total. The SMILES string of the molecule is O=c1c(Cl)cc2nc3cc(Cl)c(O)c(Cl)c3oc-2c1Cl. The zero-order valence-electron chi connectivity index (χ0n) is 9.38. The highest BCUT2D eigenvalue weighted by Gasteiger charge is 2.21. The molecule has 20 heavy (non-hydrogen) atoms. The van der Waals surface area contributed by atoms with E-state index in [0.717, 1.165) is 0 Å². The number of aromatic hydroxyl groups is 1. The molecule has 1 aromatic carbocycles. The molecule has 0 fully saturated rings. The molecule has 102 valence electrons. The predicted octanol–water partition coefficient (Wildman–Crippen LogP) is 4.61. The van der Waals surface area contributed by atoms with Gasteiger partial charge >= 0.3 is 0 Å². The van der Waals surface area contributed by atoms with Crippen molar-refractivity contribution in [1.82, 2.24) is 4.98 Å². The average Bonchev–Trinajstić information content (AvgIpc) is 2.41. The molecule has 0 aromatic heterocycles. The standard InChI is InChI=1S/C12H3Cl4NO3/c13-3-1-5-11(7(15)9(3)18)20-12-6(17-5)2-4(14)10(19)8(12)16/h1-2,18H. The van der Waals surface area contributed by atoms with Crippen LogP contribution in [0.4, 0.5) is 0 Å². The Morgan fingerprint density at radius 3 is 2.45 bits per heavy atom. The number of phenols is 1. The second kappa shape index (κ2) is 4.67. The molecular weight excluding hydrogens is 348 g/mol. The van der Waals surface area contributed by atoms with Crippen molar-refractivity contribution in [2.75, 3.05) is 0 Å². The Morgan fingerprint density at radius 1 is 1.05 bits per heavy atom. The Bertz CT molecular complexity index is 890. The van der Waals surface area contributed by atoms with Crippen LogP contribution in [0.1, 0.15) is 0 Å². The molecule has 0 atom stereocenters. The summed E-state index contributed by atoms with van der Waals surface area (Å²) in [6, 6.07) is 2.72. The number of fused-ring (bicyclic) bond motifs is 2. The molecule has 1 aromatic rings. The van der Waals surface area contributed by atoms with Gasteiger partial charge in [0.15, 0.2) is 17.1 Å². The van der Waals surface area contributed by atoms with Crippen molar-refractivity contribution in [1.29, 1.82) is 0 Å². The lowest BCUT2D eigenvalue weighted by atomic mass is 10.2. The fraction of sp³-hybridized carbons (Fsp3) is 0. The molecule has 1 N–H and O–H groups in total. The van der Waals surface area contributed by atoms with Gasteiger partial charge in [0.2, 0.25) is 5.43 Å². The highest BCUT2D eigenvalue weighted by molar-refractivity contribution is 6.40. The van der Waals surface area contributed by atoms with E-state index < -0.39 is 5.43 Å². The van der Waals surface area contributed by atoms with E-state index in [1.165, 1.54) is 12.1 Å². The lowest BCUT2D eigenvalue weighted by Gasteiger charge is -2.10. The Morgan fingerprint density at radius 2 is 1.75 bits per heavy atom. The van der Waals surface area contributed by atoms with E-state index in [-0.39, 0.29) is 42.9 Å². The lowest BCUT2D eigenvalue weighted by molar-refractivity contribution is 0.474. The fourth-order valence-corrected chi connectivity index (χ4v) is 2.71. The zero-order chi connectivity index (χ0) is 14.6. The van der Waals surface area contributed by atoms with Gasteiger partial charge in [-0.05, 0) is 12.1 Å². The third-order valence-electron chi connectivity index (χ3n) is 2.69. The maximum Gasteiger partial charge on any atom is 0.219 e. The molecule has 8 heteroatoms. The topological polar surface area (TPSA) is 63.3 Å². The van der Waals surface area contributed by atoms with E-state index in [1.54, 1.807) is 0 Å². The van der Waals surface area contributed by atoms with Gasteiger partial charge in [0.25, 0.3) is 0 Å². The first-order chi connectivity index (χ1) is 9.40. The Hall–Kier alpha value is -1.20. The van der Waals surface area contributed by atoms with Gasteiger partial charge in [-0.15, -0.1) is 0 Å². The van der Waals surface area contributed by atoms with E-state index in [0.29, 0.717) is 5.52 Å². The van der Waals surface area contributed by atoms with E-state index in [2.05, 4.69) is 4.98 Å². The first-order valence-electron chi connectivity index (χ1n) is 5.19. The molecule has 3 rings (SSSR count). The van der Waals surface area contributed by atoms with Crippen molar-refractivity contribution >= 4 is 57.5 Å². The molecule has 1 aliphatic carbocycles. The number of halogens is 4. The van der Waals surface area contributed by atoms with Crippen molar-refractivity contribution in [2.45, 2.75) is 0 Å². The van der Waals surface area contributed by atoms with Crippen LogP contribution in [0.2, 0.25) is 20.1 Å². The predicted molar refractivity (Wildman–Crippen MR) is 78.6 cm³/mol. The Labute approximate surface area is 131 Å². The van der Waals surface area contributed by atoms with Gasteiger partial charge in [0.05, 0.1) is 10.0 Å². The summed E-state index contributed by atoms with van der Waals surface area (Å²) in [5.41, 5.74) is 0.0886. The van der Waals surface area contributed by atoms with Crippen LogP contribution in [0.25, 0.3) is 22.6 Å². The highest BCUT2D eigenvalue weighted by atomic mass is 35.5. The number of benzene rings is 2. The van der Waals surface area contributed by atoms with Crippen molar-refractivity contribution in [3.05, 3.63) is 42.4 Å². The van der Waals surface area contributed by atoms with Gasteiger partial charge in [-0.25, -0.2) is 4.98 Å². The van der Waals surface area contributed by atoms with Crippen LogP contribution in [0.15, 0.2) is 21.3 Å². The lowest BCUT2D eigenvalue weighted by Crippen LogP contribution is -2.05. The monoisotopic (exact) mass is 349 g/mol. The van der Waals surface area contributed by atoms with Crippen LogP contribution in [0.5, 0.6) is 5.75 Å². The van der Waals surface area contributed by atoms with Crippen LogP contribution >= 0.6 is 46.4 Å².